The van der Waals surface area contributed by atoms with Gasteiger partial charge in [0.15, 0.2) is 0 Å². The van der Waals surface area contributed by atoms with Gasteiger partial charge >= 0.3 is 6.03 Å². The van der Waals surface area contributed by atoms with E-state index in [4.69, 9.17) is 0 Å². The fourth-order valence-corrected chi connectivity index (χ4v) is 3.77. The second-order valence-electron chi connectivity index (χ2n) is 7.35. The lowest BCUT2D eigenvalue weighted by atomic mass is 10.1. The van der Waals surface area contributed by atoms with E-state index in [1.807, 2.05) is 25.1 Å². The second kappa shape index (κ2) is 9.49. The summed E-state index contributed by atoms with van der Waals surface area (Å²) in [6, 6.07) is 14.1. The molecule has 3 rings (SSSR count). The van der Waals surface area contributed by atoms with E-state index in [9.17, 15) is 4.79 Å². The SMILES string of the molecule is CCN(CC)c1ccc(NC(=O)Nc2ccc(N3CCCCC3)cc2)c(C)c1. The number of rotatable bonds is 6. The number of hydrogen-bond donors (Lipinski definition) is 2. The van der Waals surface area contributed by atoms with Gasteiger partial charge in [0.2, 0.25) is 0 Å². The third kappa shape index (κ3) is 4.97. The van der Waals surface area contributed by atoms with Crippen LogP contribution in [-0.4, -0.2) is 32.2 Å². The molecule has 0 aromatic heterocycles. The van der Waals surface area contributed by atoms with Crippen LogP contribution in [0.4, 0.5) is 27.5 Å². The fourth-order valence-electron chi connectivity index (χ4n) is 3.77. The van der Waals surface area contributed by atoms with Crippen LogP contribution in [0.2, 0.25) is 0 Å². The van der Waals surface area contributed by atoms with Gasteiger partial charge < -0.3 is 20.4 Å². The first-order chi connectivity index (χ1) is 13.6. The molecule has 5 heteroatoms. The van der Waals surface area contributed by atoms with E-state index >= 15 is 0 Å². The number of nitrogens with one attached hydrogen (secondary N) is 2. The van der Waals surface area contributed by atoms with Crippen LogP contribution in [0.5, 0.6) is 0 Å². The summed E-state index contributed by atoms with van der Waals surface area (Å²) in [6.07, 6.45) is 3.84. The van der Waals surface area contributed by atoms with Crippen LogP contribution in [-0.2, 0) is 0 Å². The normalized spacial score (nSPS) is 13.9. The molecule has 0 radical (unpaired) electrons. The molecule has 1 heterocycles. The van der Waals surface area contributed by atoms with Crippen molar-refractivity contribution in [1.29, 1.82) is 0 Å². The van der Waals surface area contributed by atoms with Crippen LogP contribution in [0, 0.1) is 6.92 Å². The largest absolute Gasteiger partial charge is 0.372 e. The highest BCUT2D eigenvalue weighted by atomic mass is 16.2. The Labute approximate surface area is 168 Å². The molecule has 1 fully saturated rings. The number of anilines is 4. The minimum absolute atomic E-state index is 0.218. The highest BCUT2D eigenvalue weighted by Gasteiger charge is 2.11. The van der Waals surface area contributed by atoms with Crippen molar-refractivity contribution >= 4 is 28.8 Å². The number of urea groups is 1. The van der Waals surface area contributed by atoms with E-state index in [2.05, 4.69) is 58.5 Å². The smallest absolute Gasteiger partial charge is 0.323 e. The predicted molar refractivity (Wildman–Crippen MR) is 120 cm³/mol. The van der Waals surface area contributed by atoms with Crippen LogP contribution >= 0.6 is 0 Å². The van der Waals surface area contributed by atoms with Crippen LogP contribution in [0.1, 0.15) is 38.7 Å². The highest BCUT2D eigenvalue weighted by molar-refractivity contribution is 6.00. The molecular formula is C23H32N4O. The molecule has 2 amide bonds. The molecule has 2 N–H and O–H groups in total. The number of aryl methyl sites for hydroxylation is 1. The van der Waals surface area contributed by atoms with Gasteiger partial charge in [0, 0.05) is 48.9 Å². The number of nitrogens with zero attached hydrogens (tertiary/aromatic N) is 2. The van der Waals surface area contributed by atoms with Crippen molar-refractivity contribution in [3.63, 3.8) is 0 Å². The van der Waals surface area contributed by atoms with Crippen molar-refractivity contribution in [3.8, 4) is 0 Å². The Balaban J connectivity index is 1.59. The minimum atomic E-state index is -0.218. The topological polar surface area (TPSA) is 47.6 Å². The zero-order chi connectivity index (χ0) is 19.9. The molecule has 1 aliphatic heterocycles. The number of piperidine rings is 1. The molecule has 0 aliphatic carbocycles. The average molecular weight is 381 g/mol. The van der Waals surface area contributed by atoms with Gasteiger partial charge in [-0.05, 0) is 88.1 Å². The maximum atomic E-state index is 12.4. The highest BCUT2D eigenvalue weighted by Crippen LogP contribution is 2.24. The summed E-state index contributed by atoms with van der Waals surface area (Å²) in [5.41, 5.74) is 5.10. The molecule has 1 saturated heterocycles. The third-order valence-corrected chi connectivity index (χ3v) is 5.43. The van der Waals surface area contributed by atoms with E-state index in [0.717, 1.165) is 43.1 Å². The van der Waals surface area contributed by atoms with Crippen LogP contribution in [0.3, 0.4) is 0 Å². The van der Waals surface area contributed by atoms with Crippen LogP contribution < -0.4 is 20.4 Å². The van der Waals surface area contributed by atoms with E-state index in [1.165, 1.54) is 30.6 Å². The van der Waals surface area contributed by atoms with E-state index in [-0.39, 0.29) is 6.03 Å². The maximum Gasteiger partial charge on any atom is 0.323 e. The van der Waals surface area contributed by atoms with Crippen molar-refractivity contribution in [3.05, 3.63) is 48.0 Å². The first kappa shape index (κ1) is 20.1. The zero-order valence-electron chi connectivity index (χ0n) is 17.3. The zero-order valence-corrected chi connectivity index (χ0v) is 17.3. The van der Waals surface area contributed by atoms with Gasteiger partial charge in [-0.3, -0.25) is 0 Å². The standard InChI is InChI=1S/C23H32N4O/c1-4-26(5-2)21-13-14-22(18(3)17-21)25-23(28)24-19-9-11-20(12-10-19)27-15-7-6-8-16-27/h9-14,17H,4-8,15-16H2,1-3H3,(H2,24,25,28). The molecule has 28 heavy (non-hydrogen) atoms. The average Bonchev–Trinajstić information content (AvgIpc) is 2.72. The van der Waals surface area contributed by atoms with Crippen molar-refractivity contribution in [2.75, 3.05) is 46.6 Å². The van der Waals surface area contributed by atoms with Crippen LogP contribution in [0.25, 0.3) is 0 Å². The summed E-state index contributed by atoms with van der Waals surface area (Å²) in [7, 11) is 0. The Kier molecular flexibility index (Phi) is 6.80. The Morgan fingerprint density at radius 1 is 0.964 bits per heavy atom. The van der Waals surface area contributed by atoms with Crippen LogP contribution in [0.15, 0.2) is 42.5 Å². The van der Waals surface area contributed by atoms with Crippen molar-refractivity contribution < 1.29 is 4.79 Å². The molecule has 2 aromatic carbocycles. The molecule has 5 nitrogen and oxygen atoms in total. The molecule has 0 spiro atoms. The summed E-state index contributed by atoms with van der Waals surface area (Å²) < 4.78 is 0. The lowest BCUT2D eigenvalue weighted by Gasteiger charge is -2.28. The molecule has 0 saturated carbocycles. The van der Waals surface area contributed by atoms with E-state index in [0.29, 0.717) is 0 Å². The first-order valence-electron chi connectivity index (χ1n) is 10.4. The number of amides is 2. The van der Waals surface area contributed by atoms with Gasteiger partial charge in [-0.25, -0.2) is 4.79 Å². The summed E-state index contributed by atoms with van der Waals surface area (Å²) in [4.78, 5) is 17.1. The molecule has 0 atom stereocenters. The molecule has 1 aliphatic rings. The molecule has 150 valence electrons. The minimum Gasteiger partial charge on any atom is -0.372 e. The third-order valence-electron chi connectivity index (χ3n) is 5.43. The van der Waals surface area contributed by atoms with Crippen molar-refractivity contribution in [2.45, 2.75) is 40.0 Å². The lowest BCUT2D eigenvalue weighted by molar-refractivity contribution is 0.262. The maximum absolute atomic E-state index is 12.4. The quantitative estimate of drug-likeness (QED) is 0.698. The fraction of sp³-hybridized carbons (Fsp3) is 0.435. The van der Waals surface area contributed by atoms with Gasteiger partial charge in [0.05, 0.1) is 0 Å². The van der Waals surface area contributed by atoms with Gasteiger partial charge in [-0.15, -0.1) is 0 Å². The van der Waals surface area contributed by atoms with Gasteiger partial charge in [-0.2, -0.15) is 0 Å². The van der Waals surface area contributed by atoms with Gasteiger partial charge in [-0.1, -0.05) is 0 Å². The van der Waals surface area contributed by atoms with Gasteiger partial charge in [0.25, 0.3) is 0 Å². The predicted octanol–water partition coefficient (Wildman–Crippen LogP) is 5.48. The Bertz CT molecular complexity index is 778. The van der Waals surface area contributed by atoms with Crippen molar-refractivity contribution in [2.24, 2.45) is 0 Å². The number of carbonyl (C=O) groups excluding carboxylic acids is 1. The molecule has 2 aromatic rings. The molecule has 0 unspecified atom stereocenters. The van der Waals surface area contributed by atoms with E-state index in [1.54, 1.807) is 0 Å². The number of hydrogen-bond acceptors (Lipinski definition) is 3. The molecule has 0 bridgehead atoms. The Morgan fingerprint density at radius 2 is 1.64 bits per heavy atom. The Morgan fingerprint density at radius 3 is 2.25 bits per heavy atom. The molecular weight excluding hydrogens is 348 g/mol. The van der Waals surface area contributed by atoms with E-state index < -0.39 is 0 Å². The summed E-state index contributed by atoms with van der Waals surface area (Å²) >= 11 is 0. The summed E-state index contributed by atoms with van der Waals surface area (Å²) in [5.74, 6) is 0. The lowest BCUT2D eigenvalue weighted by Crippen LogP contribution is -2.29. The van der Waals surface area contributed by atoms with Crippen molar-refractivity contribution in [1.82, 2.24) is 0 Å². The summed E-state index contributed by atoms with van der Waals surface area (Å²) in [6.45, 7) is 10.5. The number of benzene rings is 2. The first-order valence-corrected chi connectivity index (χ1v) is 10.4. The Hall–Kier alpha value is -2.69. The second-order valence-corrected chi connectivity index (χ2v) is 7.35. The van der Waals surface area contributed by atoms with Gasteiger partial charge in [0.1, 0.15) is 0 Å². The number of carbonyl (C=O) groups is 1. The summed E-state index contributed by atoms with van der Waals surface area (Å²) in [5, 5.41) is 5.89. The monoisotopic (exact) mass is 380 g/mol.